The molecule has 0 aliphatic heterocycles. The van der Waals surface area contributed by atoms with Crippen molar-refractivity contribution < 1.29 is 4.79 Å². The molecule has 0 atom stereocenters. The fourth-order valence-corrected chi connectivity index (χ4v) is 1.40. The second-order valence-electron chi connectivity index (χ2n) is 2.96. The van der Waals surface area contributed by atoms with Crippen LogP contribution in [0.5, 0.6) is 0 Å². The molecular formula is C10H9N3OS. The van der Waals surface area contributed by atoms with E-state index in [4.69, 9.17) is 0 Å². The third-order valence-electron chi connectivity index (χ3n) is 2.02. The number of nitrogens with zero attached hydrogens (tertiary/aromatic N) is 1. The third-order valence-corrected chi connectivity index (χ3v) is 2.22. The molecule has 15 heavy (non-hydrogen) atoms. The summed E-state index contributed by atoms with van der Waals surface area (Å²) in [4.78, 5) is 18.3. The quantitative estimate of drug-likeness (QED) is 0.673. The van der Waals surface area contributed by atoms with Gasteiger partial charge in [-0.3, -0.25) is 9.52 Å². The van der Waals surface area contributed by atoms with Crippen molar-refractivity contribution in [2.45, 2.75) is 0 Å². The van der Waals surface area contributed by atoms with Crippen LogP contribution in [0.25, 0.3) is 11.4 Å². The van der Waals surface area contributed by atoms with E-state index < -0.39 is 0 Å². The number of rotatable bonds is 2. The van der Waals surface area contributed by atoms with Gasteiger partial charge in [-0.25, -0.2) is 4.98 Å². The van der Waals surface area contributed by atoms with Crippen molar-refractivity contribution in [3.05, 3.63) is 42.2 Å². The van der Waals surface area contributed by atoms with E-state index in [0.29, 0.717) is 5.56 Å². The van der Waals surface area contributed by atoms with Crippen LogP contribution in [0.4, 0.5) is 0 Å². The van der Waals surface area contributed by atoms with Gasteiger partial charge >= 0.3 is 0 Å². The van der Waals surface area contributed by atoms with E-state index in [1.54, 1.807) is 24.5 Å². The Kier molecular flexibility index (Phi) is 2.73. The summed E-state index contributed by atoms with van der Waals surface area (Å²) in [6.45, 7) is 0. The Morgan fingerprint density at radius 3 is 2.60 bits per heavy atom. The van der Waals surface area contributed by atoms with Crippen molar-refractivity contribution in [3.8, 4) is 11.4 Å². The highest BCUT2D eigenvalue weighted by Gasteiger charge is 2.04. The molecule has 1 amide bonds. The van der Waals surface area contributed by atoms with Gasteiger partial charge in [-0.05, 0) is 12.1 Å². The molecule has 2 rings (SSSR count). The van der Waals surface area contributed by atoms with Crippen LogP contribution in [-0.4, -0.2) is 15.9 Å². The number of thiol groups is 1. The van der Waals surface area contributed by atoms with E-state index >= 15 is 0 Å². The highest BCUT2D eigenvalue weighted by atomic mass is 32.1. The predicted octanol–water partition coefficient (Wildman–Crippen LogP) is 1.65. The van der Waals surface area contributed by atoms with Crippen molar-refractivity contribution in [2.24, 2.45) is 0 Å². The fraction of sp³-hybridized carbons (Fsp3) is 0. The topological polar surface area (TPSA) is 57.8 Å². The zero-order valence-corrected chi connectivity index (χ0v) is 8.66. The number of benzene rings is 1. The zero-order valence-electron chi connectivity index (χ0n) is 7.77. The summed E-state index contributed by atoms with van der Waals surface area (Å²) in [6.07, 6.45) is 3.44. The van der Waals surface area contributed by atoms with Crippen molar-refractivity contribution >= 4 is 18.7 Å². The van der Waals surface area contributed by atoms with Crippen molar-refractivity contribution in [1.82, 2.24) is 14.7 Å². The van der Waals surface area contributed by atoms with Crippen LogP contribution < -0.4 is 4.72 Å². The van der Waals surface area contributed by atoms with Crippen LogP contribution >= 0.6 is 12.8 Å². The Bertz CT molecular complexity index is 450. The van der Waals surface area contributed by atoms with E-state index in [2.05, 4.69) is 27.5 Å². The maximum atomic E-state index is 11.2. The summed E-state index contributed by atoms with van der Waals surface area (Å²) in [5, 5.41) is 0. The fourth-order valence-electron chi connectivity index (χ4n) is 1.27. The van der Waals surface area contributed by atoms with Crippen molar-refractivity contribution in [2.75, 3.05) is 0 Å². The standard InChI is InChI=1S/C10H9N3OS/c14-10(13-15)8-3-1-7(2-4-8)9-11-5-6-12-9/h1-6,15H,(H,11,12)(H,13,14). The van der Waals surface area contributed by atoms with Gasteiger partial charge in [0.25, 0.3) is 5.91 Å². The normalized spacial score (nSPS) is 9.93. The maximum absolute atomic E-state index is 11.2. The Hall–Kier alpha value is -1.75. The molecule has 0 aliphatic rings. The van der Waals surface area contributed by atoms with Gasteiger partial charge in [0.1, 0.15) is 5.82 Å². The first-order valence-electron chi connectivity index (χ1n) is 4.35. The van der Waals surface area contributed by atoms with Gasteiger partial charge in [-0.1, -0.05) is 24.9 Å². The summed E-state index contributed by atoms with van der Waals surface area (Å²) in [6, 6.07) is 7.11. The minimum absolute atomic E-state index is 0.218. The van der Waals surface area contributed by atoms with Crippen LogP contribution in [0.2, 0.25) is 0 Å². The molecule has 0 fully saturated rings. The number of H-pyrrole nitrogens is 1. The van der Waals surface area contributed by atoms with Gasteiger partial charge in [0, 0.05) is 23.5 Å². The van der Waals surface area contributed by atoms with Crippen LogP contribution in [-0.2, 0) is 0 Å². The van der Waals surface area contributed by atoms with Crippen LogP contribution in [0.1, 0.15) is 10.4 Å². The van der Waals surface area contributed by atoms with Gasteiger partial charge < -0.3 is 4.98 Å². The number of hydrogen-bond donors (Lipinski definition) is 3. The lowest BCUT2D eigenvalue weighted by Gasteiger charge is -2.00. The van der Waals surface area contributed by atoms with Gasteiger partial charge in [0.2, 0.25) is 0 Å². The molecule has 5 heteroatoms. The SMILES string of the molecule is O=C(NS)c1ccc(-c2ncc[nH]2)cc1. The first-order chi connectivity index (χ1) is 7.31. The first kappa shape index (κ1) is 9.79. The molecule has 0 saturated carbocycles. The Labute approximate surface area is 92.3 Å². The summed E-state index contributed by atoms with van der Waals surface area (Å²) in [5.41, 5.74) is 1.51. The predicted molar refractivity (Wildman–Crippen MR) is 60.5 cm³/mol. The second kappa shape index (κ2) is 4.18. The molecule has 0 aliphatic carbocycles. The molecular weight excluding hydrogens is 210 g/mol. The minimum Gasteiger partial charge on any atom is -0.345 e. The van der Waals surface area contributed by atoms with Gasteiger partial charge in [0.15, 0.2) is 0 Å². The molecule has 0 bridgehead atoms. The molecule has 0 saturated heterocycles. The number of aromatic amines is 1. The second-order valence-corrected chi connectivity index (χ2v) is 3.18. The van der Waals surface area contributed by atoms with Crippen molar-refractivity contribution in [3.63, 3.8) is 0 Å². The highest BCUT2D eigenvalue weighted by Crippen LogP contribution is 2.14. The van der Waals surface area contributed by atoms with Crippen LogP contribution in [0.15, 0.2) is 36.7 Å². The molecule has 76 valence electrons. The van der Waals surface area contributed by atoms with E-state index in [0.717, 1.165) is 11.4 Å². The molecule has 1 aromatic heterocycles. The average molecular weight is 219 g/mol. The number of nitrogens with one attached hydrogen (secondary N) is 2. The van der Waals surface area contributed by atoms with Crippen LogP contribution in [0.3, 0.4) is 0 Å². The Morgan fingerprint density at radius 1 is 1.33 bits per heavy atom. The molecule has 2 aromatic rings. The average Bonchev–Trinajstić information content (AvgIpc) is 2.82. The van der Waals surface area contributed by atoms with E-state index in [1.165, 1.54) is 0 Å². The molecule has 1 aromatic carbocycles. The summed E-state index contributed by atoms with van der Waals surface area (Å²) in [5.74, 6) is 0.567. The monoisotopic (exact) mass is 219 g/mol. The van der Waals surface area contributed by atoms with Gasteiger partial charge in [-0.2, -0.15) is 0 Å². The van der Waals surface area contributed by atoms with E-state index in [9.17, 15) is 4.79 Å². The van der Waals surface area contributed by atoms with Gasteiger partial charge in [0.05, 0.1) is 0 Å². The lowest BCUT2D eigenvalue weighted by molar-refractivity contribution is 0.0985. The lowest BCUT2D eigenvalue weighted by Crippen LogP contribution is -2.12. The number of amides is 1. The Morgan fingerprint density at radius 2 is 2.07 bits per heavy atom. The molecule has 0 unspecified atom stereocenters. The Balaban J connectivity index is 2.29. The molecule has 0 radical (unpaired) electrons. The molecule has 1 heterocycles. The number of carbonyl (C=O) groups is 1. The lowest BCUT2D eigenvalue weighted by atomic mass is 10.1. The first-order valence-corrected chi connectivity index (χ1v) is 4.80. The summed E-state index contributed by atoms with van der Waals surface area (Å²) in [7, 11) is 0. The summed E-state index contributed by atoms with van der Waals surface area (Å²) < 4.78 is 2.27. The third kappa shape index (κ3) is 2.02. The van der Waals surface area contributed by atoms with Crippen molar-refractivity contribution in [1.29, 1.82) is 0 Å². The minimum atomic E-state index is -0.218. The number of carbonyl (C=O) groups excluding carboxylic acids is 1. The highest BCUT2D eigenvalue weighted by molar-refractivity contribution is 7.78. The summed E-state index contributed by atoms with van der Waals surface area (Å²) >= 11 is 3.69. The molecule has 4 nitrogen and oxygen atoms in total. The van der Waals surface area contributed by atoms with E-state index in [-0.39, 0.29) is 5.91 Å². The number of imidazole rings is 1. The number of aromatic nitrogens is 2. The smallest absolute Gasteiger partial charge is 0.260 e. The number of hydrogen-bond acceptors (Lipinski definition) is 3. The van der Waals surface area contributed by atoms with E-state index in [1.807, 2.05) is 12.1 Å². The van der Waals surface area contributed by atoms with Crippen LogP contribution in [0, 0.1) is 0 Å². The molecule has 0 spiro atoms. The largest absolute Gasteiger partial charge is 0.345 e. The van der Waals surface area contributed by atoms with Gasteiger partial charge in [-0.15, -0.1) is 0 Å². The maximum Gasteiger partial charge on any atom is 0.260 e. The molecule has 2 N–H and O–H groups in total. The zero-order chi connectivity index (χ0) is 10.7.